The highest BCUT2D eigenvalue weighted by Gasteiger charge is 2.29. The highest BCUT2D eigenvalue weighted by Crippen LogP contribution is 2.36. The normalized spacial score (nSPS) is 12.8. The molecule has 0 amide bonds. The van der Waals surface area contributed by atoms with Gasteiger partial charge in [0.1, 0.15) is 0 Å². The molecular formula is C17H27Cl2N. The molecule has 0 spiro atoms. The van der Waals surface area contributed by atoms with Crippen molar-refractivity contribution in [3.8, 4) is 0 Å². The second-order valence-corrected chi connectivity index (χ2v) is 7.50. The molecule has 0 aromatic heterocycles. The first-order chi connectivity index (χ1) is 9.23. The summed E-state index contributed by atoms with van der Waals surface area (Å²) in [6.07, 6.45) is 3.13. The number of rotatable bonds is 6. The van der Waals surface area contributed by atoms with E-state index in [1.54, 1.807) is 0 Å². The molecule has 0 aliphatic carbocycles. The lowest BCUT2D eigenvalue weighted by atomic mass is 9.76. The van der Waals surface area contributed by atoms with Crippen LogP contribution in [0.2, 0.25) is 10.0 Å². The molecule has 0 fully saturated rings. The molecule has 1 aromatic carbocycles. The first-order valence-electron chi connectivity index (χ1n) is 7.41. The predicted octanol–water partition coefficient (Wildman–Crippen LogP) is 5.73. The molecule has 1 rings (SSSR count). The minimum absolute atomic E-state index is 0.125. The molecule has 0 saturated heterocycles. The largest absolute Gasteiger partial charge is 0.312 e. The third kappa shape index (κ3) is 4.95. The Bertz CT molecular complexity index is 411. The van der Waals surface area contributed by atoms with Gasteiger partial charge < -0.3 is 5.32 Å². The van der Waals surface area contributed by atoms with Crippen LogP contribution in [0.15, 0.2) is 18.2 Å². The molecule has 0 aliphatic rings. The van der Waals surface area contributed by atoms with Crippen molar-refractivity contribution in [3.05, 3.63) is 33.8 Å². The van der Waals surface area contributed by atoms with Gasteiger partial charge >= 0.3 is 0 Å². The zero-order valence-electron chi connectivity index (χ0n) is 13.3. The molecule has 1 aromatic rings. The standard InChI is InChI=1S/C17H27Cl2N/c1-6-17(7-2,12-20-16(3,4)5)11-13-14(18)9-8-10-15(13)19/h8-10,20H,6-7,11-12H2,1-5H3. The summed E-state index contributed by atoms with van der Waals surface area (Å²) in [7, 11) is 0. The van der Waals surface area contributed by atoms with E-state index in [2.05, 4.69) is 39.9 Å². The topological polar surface area (TPSA) is 12.0 Å². The number of halogens is 2. The zero-order chi connectivity index (χ0) is 15.4. The van der Waals surface area contributed by atoms with E-state index in [4.69, 9.17) is 23.2 Å². The molecule has 1 N–H and O–H groups in total. The van der Waals surface area contributed by atoms with Crippen molar-refractivity contribution in [2.24, 2.45) is 5.41 Å². The van der Waals surface area contributed by atoms with Crippen molar-refractivity contribution in [2.75, 3.05) is 6.54 Å². The van der Waals surface area contributed by atoms with Gasteiger partial charge in [0.2, 0.25) is 0 Å². The lowest BCUT2D eigenvalue weighted by Gasteiger charge is -2.36. The smallest absolute Gasteiger partial charge is 0.0453 e. The van der Waals surface area contributed by atoms with Crippen LogP contribution < -0.4 is 5.32 Å². The van der Waals surface area contributed by atoms with E-state index >= 15 is 0 Å². The van der Waals surface area contributed by atoms with E-state index in [9.17, 15) is 0 Å². The Balaban J connectivity index is 2.96. The van der Waals surface area contributed by atoms with Crippen LogP contribution in [-0.4, -0.2) is 12.1 Å². The molecule has 3 heteroatoms. The molecule has 0 unspecified atom stereocenters. The third-order valence-corrected chi connectivity index (χ3v) is 4.82. The maximum Gasteiger partial charge on any atom is 0.0453 e. The summed E-state index contributed by atoms with van der Waals surface area (Å²) in [6.45, 7) is 12.1. The van der Waals surface area contributed by atoms with Gasteiger partial charge in [-0.2, -0.15) is 0 Å². The average molecular weight is 316 g/mol. The first kappa shape index (κ1) is 17.8. The Kier molecular flexibility index (Phi) is 6.37. The maximum absolute atomic E-state index is 6.33. The Hall–Kier alpha value is -0.240. The third-order valence-electron chi connectivity index (χ3n) is 4.11. The molecule has 0 saturated carbocycles. The first-order valence-corrected chi connectivity index (χ1v) is 8.16. The Morgan fingerprint density at radius 3 is 1.90 bits per heavy atom. The lowest BCUT2D eigenvalue weighted by Crippen LogP contribution is -2.44. The van der Waals surface area contributed by atoms with E-state index < -0.39 is 0 Å². The minimum Gasteiger partial charge on any atom is -0.312 e. The van der Waals surface area contributed by atoms with Crippen LogP contribution in [0.4, 0.5) is 0 Å². The second kappa shape index (κ2) is 7.15. The second-order valence-electron chi connectivity index (χ2n) is 6.69. The van der Waals surface area contributed by atoms with Gasteiger partial charge in [0.05, 0.1) is 0 Å². The van der Waals surface area contributed by atoms with Gasteiger partial charge in [0, 0.05) is 22.1 Å². The number of benzene rings is 1. The average Bonchev–Trinajstić information content (AvgIpc) is 2.37. The molecule has 0 aliphatic heterocycles. The summed E-state index contributed by atoms with van der Waals surface area (Å²) in [4.78, 5) is 0. The summed E-state index contributed by atoms with van der Waals surface area (Å²) < 4.78 is 0. The van der Waals surface area contributed by atoms with Crippen molar-refractivity contribution in [1.29, 1.82) is 0 Å². The van der Waals surface area contributed by atoms with Gasteiger partial charge in [0.15, 0.2) is 0 Å². The number of nitrogens with one attached hydrogen (secondary N) is 1. The monoisotopic (exact) mass is 315 g/mol. The molecule has 114 valence electrons. The fraction of sp³-hybridized carbons (Fsp3) is 0.647. The van der Waals surface area contributed by atoms with Crippen molar-refractivity contribution in [1.82, 2.24) is 5.32 Å². The number of hydrogen-bond donors (Lipinski definition) is 1. The van der Waals surface area contributed by atoms with Gasteiger partial charge in [-0.15, -0.1) is 0 Å². The van der Waals surface area contributed by atoms with Crippen LogP contribution in [0.3, 0.4) is 0 Å². The molecule has 20 heavy (non-hydrogen) atoms. The molecule has 1 nitrogen and oxygen atoms in total. The summed E-state index contributed by atoms with van der Waals surface area (Å²) in [5, 5.41) is 5.19. The molecule has 0 atom stereocenters. The Morgan fingerprint density at radius 2 is 1.50 bits per heavy atom. The Labute approximate surface area is 134 Å². The molecule has 0 radical (unpaired) electrons. The van der Waals surface area contributed by atoms with Gasteiger partial charge in [0.25, 0.3) is 0 Å². The zero-order valence-corrected chi connectivity index (χ0v) is 14.8. The van der Waals surface area contributed by atoms with Gasteiger partial charge in [-0.25, -0.2) is 0 Å². The number of hydrogen-bond acceptors (Lipinski definition) is 1. The van der Waals surface area contributed by atoms with E-state index in [1.165, 1.54) is 0 Å². The van der Waals surface area contributed by atoms with Crippen LogP contribution in [0.5, 0.6) is 0 Å². The van der Waals surface area contributed by atoms with Crippen molar-refractivity contribution < 1.29 is 0 Å². The summed E-state index contributed by atoms with van der Waals surface area (Å²) in [5.74, 6) is 0. The van der Waals surface area contributed by atoms with E-state index in [0.717, 1.165) is 41.4 Å². The van der Waals surface area contributed by atoms with Crippen LogP contribution >= 0.6 is 23.2 Å². The molecular weight excluding hydrogens is 289 g/mol. The van der Waals surface area contributed by atoms with Crippen LogP contribution in [-0.2, 0) is 6.42 Å². The van der Waals surface area contributed by atoms with E-state index in [0.29, 0.717) is 0 Å². The minimum atomic E-state index is 0.125. The lowest BCUT2D eigenvalue weighted by molar-refractivity contribution is 0.220. The highest BCUT2D eigenvalue weighted by molar-refractivity contribution is 6.36. The fourth-order valence-electron chi connectivity index (χ4n) is 2.34. The van der Waals surface area contributed by atoms with Crippen LogP contribution in [0.25, 0.3) is 0 Å². The summed E-state index contributed by atoms with van der Waals surface area (Å²) >= 11 is 12.7. The van der Waals surface area contributed by atoms with Crippen LogP contribution in [0, 0.1) is 5.41 Å². The SMILES string of the molecule is CCC(CC)(CNC(C)(C)C)Cc1c(Cl)cccc1Cl. The van der Waals surface area contributed by atoms with E-state index in [1.807, 2.05) is 18.2 Å². The van der Waals surface area contributed by atoms with Crippen LogP contribution in [0.1, 0.15) is 53.0 Å². The Morgan fingerprint density at radius 1 is 1.00 bits per heavy atom. The maximum atomic E-state index is 6.33. The fourth-order valence-corrected chi connectivity index (χ4v) is 2.87. The van der Waals surface area contributed by atoms with Crippen molar-refractivity contribution in [2.45, 2.75) is 59.4 Å². The molecule has 0 heterocycles. The molecule has 0 bridgehead atoms. The summed E-state index contributed by atoms with van der Waals surface area (Å²) in [5.41, 5.74) is 1.40. The summed E-state index contributed by atoms with van der Waals surface area (Å²) in [6, 6.07) is 5.76. The quantitative estimate of drug-likeness (QED) is 0.706. The highest BCUT2D eigenvalue weighted by atomic mass is 35.5. The van der Waals surface area contributed by atoms with E-state index in [-0.39, 0.29) is 11.0 Å². The van der Waals surface area contributed by atoms with Crippen molar-refractivity contribution >= 4 is 23.2 Å². The van der Waals surface area contributed by atoms with Gasteiger partial charge in [-0.05, 0) is 63.1 Å². The van der Waals surface area contributed by atoms with Crippen molar-refractivity contribution in [3.63, 3.8) is 0 Å². The van der Waals surface area contributed by atoms with Gasteiger partial charge in [-0.1, -0.05) is 43.1 Å². The van der Waals surface area contributed by atoms with Gasteiger partial charge in [-0.3, -0.25) is 0 Å². The predicted molar refractivity (Wildman–Crippen MR) is 90.9 cm³/mol.